The van der Waals surface area contributed by atoms with Gasteiger partial charge in [-0.05, 0) is 49.4 Å². The smallest absolute Gasteiger partial charge is 0.339 e. The molecule has 0 spiro atoms. The van der Waals surface area contributed by atoms with Gasteiger partial charge in [-0.15, -0.1) is 0 Å². The monoisotopic (exact) mass is 448 g/mol. The van der Waals surface area contributed by atoms with E-state index in [0.29, 0.717) is 49.6 Å². The maximum Gasteiger partial charge on any atom is 0.339 e. The van der Waals surface area contributed by atoms with Crippen molar-refractivity contribution in [1.29, 1.82) is 0 Å². The zero-order chi connectivity index (χ0) is 23.2. The molecule has 2 aromatic heterocycles. The Labute approximate surface area is 191 Å². The van der Waals surface area contributed by atoms with Crippen LogP contribution < -0.4 is 10.2 Å². The first-order chi connectivity index (χ1) is 16.0. The van der Waals surface area contributed by atoms with Gasteiger partial charge in [0.05, 0.1) is 18.4 Å². The third-order valence-corrected chi connectivity index (χ3v) is 5.26. The molecule has 1 aliphatic heterocycles. The first-order valence-electron chi connectivity index (χ1n) is 10.7. The van der Waals surface area contributed by atoms with Gasteiger partial charge in [-0.2, -0.15) is 0 Å². The lowest BCUT2D eigenvalue weighted by atomic mass is 10.1. The second-order valence-corrected chi connectivity index (χ2v) is 7.42. The molecule has 2 amide bonds. The van der Waals surface area contributed by atoms with E-state index in [4.69, 9.17) is 9.15 Å². The van der Waals surface area contributed by atoms with Crippen LogP contribution in [0.4, 0.5) is 11.5 Å². The zero-order valence-corrected chi connectivity index (χ0v) is 18.2. The maximum absolute atomic E-state index is 13.0. The molecule has 0 bridgehead atoms. The minimum Gasteiger partial charge on any atom is -0.462 e. The lowest BCUT2D eigenvalue weighted by molar-refractivity contribution is 0.0525. The number of carbonyl (C=O) groups excluding carboxylic acids is 3. The Hall–Kier alpha value is -4.14. The summed E-state index contributed by atoms with van der Waals surface area (Å²) in [6.07, 6.45) is 2.94. The number of hydrogen-bond donors (Lipinski definition) is 1. The van der Waals surface area contributed by atoms with E-state index < -0.39 is 5.97 Å². The van der Waals surface area contributed by atoms with Crippen LogP contribution in [0.25, 0.3) is 0 Å². The number of piperazine rings is 1. The number of pyridine rings is 1. The van der Waals surface area contributed by atoms with E-state index in [1.165, 1.54) is 12.5 Å². The molecule has 0 unspecified atom stereocenters. The van der Waals surface area contributed by atoms with Crippen LogP contribution in [0.5, 0.6) is 0 Å². The van der Waals surface area contributed by atoms with Crippen molar-refractivity contribution < 1.29 is 23.5 Å². The van der Waals surface area contributed by atoms with E-state index in [0.717, 1.165) is 5.82 Å². The van der Waals surface area contributed by atoms with E-state index in [2.05, 4.69) is 15.2 Å². The van der Waals surface area contributed by atoms with Crippen LogP contribution in [0.2, 0.25) is 0 Å². The van der Waals surface area contributed by atoms with Crippen LogP contribution >= 0.6 is 0 Å². The fraction of sp³-hybridized carbons (Fsp3) is 0.250. The van der Waals surface area contributed by atoms with Crippen LogP contribution in [0, 0.1) is 0 Å². The summed E-state index contributed by atoms with van der Waals surface area (Å²) in [5.41, 5.74) is 1.43. The van der Waals surface area contributed by atoms with E-state index in [1.807, 2.05) is 0 Å². The summed E-state index contributed by atoms with van der Waals surface area (Å²) < 4.78 is 10.1. The molecular formula is C24H24N4O5. The summed E-state index contributed by atoms with van der Waals surface area (Å²) in [7, 11) is 0. The van der Waals surface area contributed by atoms with Crippen molar-refractivity contribution in [3.63, 3.8) is 0 Å². The van der Waals surface area contributed by atoms with Gasteiger partial charge in [0.15, 0.2) is 5.76 Å². The predicted molar refractivity (Wildman–Crippen MR) is 121 cm³/mol. The Kier molecular flexibility index (Phi) is 6.68. The van der Waals surface area contributed by atoms with E-state index in [-0.39, 0.29) is 17.6 Å². The number of benzene rings is 1. The Balaban J connectivity index is 1.35. The molecule has 0 aliphatic carbocycles. The Bertz CT molecular complexity index is 1120. The number of furan rings is 1. The van der Waals surface area contributed by atoms with Crippen LogP contribution in [0.15, 0.2) is 65.4 Å². The van der Waals surface area contributed by atoms with Gasteiger partial charge >= 0.3 is 5.97 Å². The largest absolute Gasteiger partial charge is 0.462 e. The number of rotatable bonds is 6. The molecule has 1 N–H and O–H groups in total. The molecule has 1 saturated heterocycles. The summed E-state index contributed by atoms with van der Waals surface area (Å²) in [4.78, 5) is 45.2. The molecule has 170 valence electrons. The van der Waals surface area contributed by atoms with Gasteiger partial charge in [0, 0.05) is 43.6 Å². The van der Waals surface area contributed by atoms with Gasteiger partial charge in [0.25, 0.3) is 11.8 Å². The Morgan fingerprint density at radius 1 is 1.03 bits per heavy atom. The summed E-state index contributed by atoms with van der Waals surface area (Å²) >= 11 is 0. The minimum absolute atomic E-state index is 0.102. The van der Waals surface area contributed by atoms with Crippen molar-refractivity contribution in [3.05, 3.63) is 77.9 Å². The van der Waals surface area contributed by atoms with Gasteiger partial charge in [-0.1, -0.05) is 6.07 Å². The molecule has 0 saturated carbocycles. The van der Waals surface area contributed by atoms with Gasteiger partial charge in [-0.25, -0.2) is 9.78 Å². The molecule has 1 aromatic carbocycles. The predicted octanol–water partition coefficient (Wildman–Crippen LogP) is 3.07. The SMILES string of the molecule is CCOC(=O)c1ccc(N2CCN(C(=O)c3cccc(NC(=O)c4ccco4)c3)CC2)nc1. The van der Waals surface area contributed by atoms with Crippen LogP contribution in [0.1, 0.15) is 38.2 Å². The number of esters is 1. The van der Waals surface area contributed by atoms with E-state index >= 15 is 0 Å². The number of carbonyl (C=O) groups is 3. The van der Waals surface area contributed by atoms with Crippen LogP contribution in [-0.2, 0) is 4.74 Å². The molecule has 4 rings (SSSR count). The second-order valence-electron chi connectivity index (χ2n) is 7.42. The summed E-state index contributed by atoms with van der Waals surface area (Å²) in [5.74, 6) is 0.0770. The summed E-state index contributed by atoms with van der Waals surface area (Å²) in [6.45, 7) is 4.37. The number of ether oxygens (including phenoxy) is 1. The molecule has 33 heavy (non-hydrogen) atoms. The molecule has 3 heterocycles. The fourth-order valence-electron chi connectivity index (χ4n) is 3.56. The minimum atomic E-state index is -0.394. The Morgan fingerprint density at radius 3 is 2.52 bits per heavy atom. The molecule has 1 fully saturated rings. The van der Waals surface area contributed by atoms with Crippen molar-refractivity contribution in [2.75, 3.05) is 43.0 Å². The number of nitrogens with one attached hydrogen (secondary N) is 1. The molecule has 1 aliphatic rings. The highest BCUT2D eigenvalue weighted by Crippen LogP contribution is 2.18. The number of nitrogens with zero attached hydrogens (tertiary/aromatic N) is 3. The van der Waals surface area contributed by atoms with Crippen molar-refractivity contribution >= 4 is 29.3 Å². The van der Waals surface area contributed by atoms with Gasteiger partial charge in [0.1, 0.15) is 5.82 Å². The average molecular weight is 448 g/mol. The third-order valence-electron chi connectivity index (χ3n) is 5.26. The Morgan fingerprint density at radius 2 is 1.85 bits per heavy atom. The summed E-state index contributed by atoms with van der Waals surface area (Å²) in [6, 6.07) is 13.5. The molecule has 0 atom stereocenters. The van der Waals surface area contributed by atoms with Gasteiger partial charge in [0.2, 0.25) is 0 Å². The first kappa shape index (κ1) is 22.1. The van der Waals surface area contributed by atoms with Crippen molar-refractivity contribution in [2.24, 2.45) is 0 Å². The quantitative estimate of drug-likeness (QED) is 0.578. The zero-order valence-electron chi connectivity index (χ0n) is 18.2. The molecule has 3 aromatic rings. The summed E-state index contributed by atoms with van der Waals surface area (Å²) in [5, 5.41) is 2.74. The maximum atomic E-state index is 13.0. The molecule has 9 nitrogen and oxygen atoms in total. The van der Waals surface area contributed by atoms with Gasteiger partial charge in [-0.3, -0.25) is 9.59 Å². The highest BCUT2D eigenvalue weighted by molar-refractivity contribution is 6.03. The topological polar surface area (TPSA) is 105 Å². The van der Waals surface area contributed by atoms with Crippen molar-refractivity contribution in [3.8, 4) is 0 Å². The number of amides is 2. The van der Waals surface area contributed by atoms with Crippen LogP contribution in [-0.4, -0.2) is 60.5 Å². The number of aromatic nitrogens is 1. The second kappa shape index (κ2) is 9.99. The third kappa shape index (κ3) is 5.20. The molecule has 0 radical (unpaired) electrons. The number of hydrogen-bond acceptors (Lipinski definition) is 7. The lowest BCUT2D eigenvalue weighted by Gasteiger charge is -2.35. The normalized spacial score (nSPS) is 13.5. The van der Waals surface area contributed by atoms with Gasteiger partial charge < -0.3 is 24.3 Å². The fourth-order valence-corrected chi connectivity index (χ4v) is 3.56. The highest BCUT2D eigenvalue weighted by Gasteiger charge is 2.23. The molecule has 9 heteroatoms. The molecular weight excluding hydrogens is 424 g/mol. The highest BCUT2D eigenvalue weighted by atomic mass is 16.5. The number of anilines is 2. The average Bonchev–Trinajstić information content (AvgIpc) is 3.40. The standard InChI is InChI=1S/C24H24N4O5/c1-2-32-24(31)18-8-9-21(25-16-18)27-10-12-28(13-11-27)23(30)17-5-3-6-19(15-17)26-22(29)20-7-4-14-33-20/h3-9,14-16H,2,10-13H2,1H3,(H,26,29). The van der Waals surface area contributed by atoms with E-state index in [9.17, 15) is 14.4 Å². The van der Waals surface area contributed by atoms with Crippen molar-refractivity contribution in [1.82, 2.24) is 9.88 Å². The first-order valence-corrected chi connectivity index (χ1v) is 10.7. The van der Waals surface area contributed by atoms with Crippen molar-refractivity contribution in [2.45, 2.75) is 6.92 Å². The lowest BCUT2D eigenvalue weighted by Crippen LogP contribution is -2.49. The van der Waals surface area contributed by atoms with E-state index in [1.54, 1.807) is 60.4 Å². The van der Waals surface area contributed by atoms with Crippen LogP contribution in [0.3, 0.4) is 0 Å².